The van der Waals surface area contributed by atoms with Crippen LogP contribution in [-0.4, -0.2) is 34.6 Å². The van der Waals surface area contributed by atoms with Gasteiger partial charge in [-0.3, -0.25) is 4.79 Å². The number of anilines is 1. The van der Waals surface area contributed by atoms with Gasteiger partial charge in [0, 0.05) is 18.3 Å². The van der Waals surface area contributed by atoms with Gasteiger partial charge in [-0.15, -0.1) is 0 Å². The van der Waals surface area contributed by atoms with Crippen molar-refractivity contribution in [1.82, 2.24) is 4.90 Å². The fourth-order valence-corrected chi connectivity index (χ4v) is 2.27. The van der Waals surface area contributed by atoms with Crippen LogP contribution in [-0.2, 0) is 4.79 Å². The molecule has 5 nitrogen and oxygen atoms in total. The third-order valence-electron chi connectivity index (χ3n) is 3.36. The molecule has 18 heavy (non-hydrogen) atoms. The maximum atomic E-state index is 12.0. The lowest BCUT2D eigenvalue weighted by Gasteiger charge is -2.23. The number of para-hydroxylation sites is 1. The molecule has 1 saturated heterocycles. The average molecular weight is 248 g/mol. The Bertz CT molecular complexity index is 447. The molecule has 2 N–H and O–H groups in total. The van der Waals surface area contributed by atoms with Crippen LogP contribution in [0.4, 0.5) is 10.5 Å². The van der Waals surface area contributed by atoms with E-state index in [9.17, 15) is 9.59 Å². The number of hydrogen-bond donors (Lipinski definition) is 2. The number of likely N-dealkylation sites (tertiary alicyclic amines) is 1. The summed E-state index contributed by atoms with van der Waals surface area (Å²) in [6.07, 6.45) is 0.513. The Hall–Kier alpha value is -2.04. The third kappa shape index (κ3) is 2.45. The third-order valence-corrected chi connectivity index (χ3v) is 3.36. The number of hydrogen-bond acceptors (Lipinski definition) is 2. The van der Waals surface area contributed by atoms with Gasteiger partial charge in [0.25, 0.3) is 0 Å². The van der Waals surface area contributed by atoms with Crippen LogP contribution in [0.25, 0.3) is 0 Å². The van der Waals surface area contributed by atoms with Crippen LogP contribution in [0.3, 0.4) is 0 Å². The molecule has 2 unspecified atom stereocenters. The van der Waals surface area contributed by atoms with Gasteiger partial charge in [-0.05, 0) is 25.5 Å². The number of urea groups is 1. The Morgan fingerprint density at radius 1 is 1.33 bits per heavy atom. The molecule has 0 aliphatic carbocycles. The van der Waals surface area contributed by atoms with Gasteiger partial charge in [-0.1, -0.05) is 18.2 Å². The number of benzene rings is 1. The van der Waals surface area contributed by atoms with Gasteiger partial charge < -0.3 is 15.3 Å². The molecule has 1 aromatic rings. The van der Waals surface area contributed by atoms with E-state index in [1.54, 1.807) is 24.0 Å². The van der Waals surface area contributed by atoms with Gasteiger partial charge in [0.05, 0.1) is 5.92 Å². The van der Waals surface area contributed by atoms with Crippen molar-refractivity contribution < 1.29 is 14.7 Å². The highest BCUT2D eigenvalue weighted by Gasteiger charge is 2.38. The van der Waals surface area contributed by atoms with Gasteiger partial charge in [0.2, 0.25) is 0 Å². The summed E-state index contributed by atoms with van der Waals surface area (Å²) in [5.41, 5.74) is 0.716. The van der Waals surface area contributed by atoms with Gasteiger partial charge in [-0.2, -0.15) is 0 Å². The lowest BCUT2D eigenvalue weighted by Crippen LogP contribution is -2.40. The molecule has 1 fully saturated rings. The van der Waals surface area contributed by atoms with Gasteiger partial charge >= 0.3 is 12.0 Å². The van der Waals surface area contributed by atoms with Crippen molar-refractivity contribution in [3.63, 3.8) is 0 Å². The SMILES string of the molecule is CC1C(C(=O)O)CCN1C(=O)Nc1ccccc1. The Labute approximate surface area is 105 Å². The minimum absolute atomic E-state index is 0.238. The first-order valence-electron chi connectivity index (χ1n) is 5.95. The zero-order chi connectivity index (χ0) is 13.1. The second-order valence-electron chi connectivity index (χ2n) is 4.46. The average Bonchev–Trinajstić information content (AvgIpc) is 2.72. The Balaban J connectivity index is 2.01. The predicted octanol–water partition coefficient (Wildman–Crippen LogP) is 2.01. The predicted molar refractivity (Wildman–Crippen MR) is 67.4 cm³/mol. The molecule has 96 valence electrons. The van der Waals surface area contributed by atoms with Crippen molar-refractivity contribution in [3.05, 3.63) is 30.3 Å². The van der Waals surface area contributed by atoms with Gasteiger partial charge in [0.15, 0.2) is 0 Å². The second-order valence-corrected chi connectivity index (χ2v) is 4.46. The van der Waals surface area contributed by atoms with E-state index in [1.807, 2.05) is 18.2 Å². The van der Waals surface area contributed by atoms with Crippen LogP contribution in [0, 0.1) is 5.92 Å². The van der Waals surface area contributed by atoms with Crippen LogP contribution in [0.15, 0.2) is 30.3 Å². The first-order valence-corrected chi connectivity index (χ1v) is 5.95. The standard InChI is InChI=1S/C13H16N2O3/c1-9-11(12(16)17)7-8-15(9)13(18)14-10-5-3-2-4-6-10/h2-6,9,11H,7-8H2,1H3,(H,14,18)(H,16,17). The summed E-state index contributed by atoms with van der Waals surface area (Å²) in [4.78, 5) is 24.6. The number of aliphatic carboxylic acids is 1. The minimum atomic E-state index is -0.836. The first-order chi connectivity index (χ1) is 8.59. The number of carbonyl (C=O) groups excluding carboxylic acids is 1. The second kappa shape index (κ2) is 5.08. The fraction of sp³-hybridized carbons (Fsp3) is 0.385. The monoisotopic (exact) mass is 248 g/mol. The van der Waals surface area contributed by atoms with E-state index in [1.165, 1.54) is 0 Å². The number of nitrogens with one attached hydrogen (secondary N) is 1. The summed E-state index contributed by atoms with van der Waals surface area (Å²) >= 11 is 0. The van der Waals surface area contributed by atoms with Gasteiger partial charge in [-0.25, -0.2) is 4.79 Å². The van der Waals surface area contributed by atoms with Crippen LogP contribution < -0.4 is 5.32 Å². The molecule has 0 spiro atoms. The van der Waals surface area contributed by atoms with Crippen LogP contribution in [0.2, 0.25) is 0 Å². The lowest BCUT2D eigenvalue weighted by molar-refractivity contribution is -0.142. The van der Waals surface area contributed by atoms with Crippen molar-refractivity contribution in [2.45, 2.75) is 19.4 Å². The largest absolute Gasteiger partial charge is 0.481 e. The Kier molecular flexibility index (Phi) is 3.50. The van der Waals surface area contributed by atoms with Crippen LogP contribution in [0.5, 0.6) is 0 Å². The van der Waals surface area contributed by atoms with Crippen LogP contribution >= 0.6 is 0 Å². The number of amides is 2. The van der Waals surface area contributed by atoms with E-state index in [4.69, 9.17) is 5.11 Å². The first kappa shape index (κ1) is 12.4. The summed E-state index contributed by atoms with van der Waals surface area (Å²) in [5, 5.41) is 11.8. The van der Waals surface area contributed by atoms with E-state index in [0.29, 0.717) is 18.7 Å². The normalized spacial score (nSPS) is 22.8. The van der Waals surface area contributed by atoms with E-state index < -0.39 is 11.9 Å². The van der Waals surface area contributed by atoms with Crippen molar-refractivity contribution in [3.8, 4) is 0 Å². The van der Waals surface area contributed by atoms with Crippen molar-refractivity contribution in [1.29, 1.82) is 0 Å². The fourth-order valence-electron chi connectivity index (χ4n) is 2.27. The zero-order valence-electron chi connectivity index (χ0n) is 10.2. The van der Waals surface area contributed by atoms with E-state index in [0.717, 1.165) is 0 Å². The number of carbonyl (C=O) groups is 2. The minimum Gasteiger partial charge on any atom is -0.481 e. The molecule has 0 saturated carbocycles. The van der Waals surface area contributed by atoms with Crippen LogP contribution in [0.1, 0.15) is 13.3 Å². The highest BCUT2D eigenvalue weighted by atomic mass is 16.4. The Morgan fingerprint density at radius 3 is 2.56 bits per heavy atom. The van der Waals surface area contributed by atoms with E-state index >= 15 is 0 Å². The quantitative estimate of drug-likeness (QED) is 0.841. The smallest absolute Gasteiger partial charge is 0.322 e. The summed E-state index contributed by atoms with van der Waals surface area (Å²) in [6, 6.07) is 8.63. The van der Waals surface area contributed by atoms with E-state index in [-0.39, 0.29) is 12.1 Å². The molecule has 1 aromatic carbocycles. The molecule has 2 atom stereocenters. The lowest BCUT2D eigenvalue weighted by atomic mass is 10.0. The molecule has 0 radical (unpaired) electrons. The summed E-state index contributed by atoms with van der Waals surface area (Å²) in [6.45, 7) is 2.26. The summed E-state index contributed by atoms with van der Waals surface area (Å²) < 4.78 is 0. The highest BCUT2D eigenvalue weighted by molar-refractivity contribution is 5.90. The molecule has 1 aliphatic heterocycles. The van der Waals surface area contributed by atoms with Crippen molar-refractivity contribution in [2.24, 2.45) is 5.92 Å². The molecule has 2 amide bonds. The topological polar surface area (TPSA) is 69.6 Å². The van der Waals surface area contributed by atoms with Crippen molar-refractivity contribution in [2.75, 3.05) is 11.9 Å². The maximum absolute atomic E-state index is 12.0. The van der Waals surface area contributed by atoms with Gasteiger partial charge in [0.1, 0.15) is 0 Å². The van der Waals surface area contributed by atoms with E-state index in [2.05, 4.69) is 5.32 Å². The number of carboxylic acids is 1. The Morgan fingerprint density at radius 2 is 2.00 bits per heavy atom. The highest BCUT2D eigenvalue weighted by Crippen LogP contribution is 2.25. The molecule has 5 heteroatoms. The molecule has 2 rings (SSSR count). The summed E-state index contributed by atoms with van der Waals surface area (Å²) in [7, 11) is 0. The summed E-state index contributed by atoms with van der Waals surface area (Å²) in [5.74, 6) is -1.30. The zero-order valence-corrected chi connectivity index (χ0v) is 10.2. The number of rotatable bonds is 2. The molecule has 0 aromatic heterocycles. The number of nitrogens with zero attached hydrogens (tertiary/aromatic N) is 1. The maximum Gasteiger partial charge on any atom is 0.322 e. The molecular weight excluding hydrogens is 232 g/mol. The van der Waals surface area contributed by atoms with Crippen molar-refractivity contribution >= 4 is 17.7 Å². The number of carboxylic acid groups (broad SMARTS) is 1. The molecular formula is C13H16N2O3. The molecule has 1 aliphatic rings. The molecule has 1 heterocycles. The molecule has 0 bridgehead atoms.